The third kappa shape index (κ3) is 10.3. The molecular formula is C30H38N3O6. The zero-order valence-electron chi connectivity index (χ0n) is 22.8. The molecule has 0 heterocycles. The molecule has 0 aliphatic heterocycles. The van der Waals surface area contributed by atoms with E-state index in [1.54, 1.807) is 27.7 Å². The van der Waals surface area contributed by atoms with Gasteiger partial charge < -0.3 is 21.1 Å². The maximum Gasteiger partial charge on any atom is 0.305 e. The summed E-state index contributed by atoms with van der Waals surface area (Å²) in [6.45, 7) is 7.01. The van der Waals surface area contributed by atoms with Crippen molar-refractivity contribution in [2.24, 2.45) is 17.8 Å². The van der Waals surface area contributed by atoms with Gasteiger partial charge in [0.2, 0.25) is 24.0 Å². The van der Waals surface area contributed by atoms with Gasteiger partial charge in [0.15, 0.2) is 0 Å². The summed E-state index contributed by atoms with van der Waals surface area (Å²) in [5.41, 5.74) is 2.00. The molecule has 9 nitrogen and oxygen atoms in total. The fourth-order valence-electron chi connectivity index (χ4n) is 4.20. The Bertz CT molecular complexity index is 1060. The molecule has 3 atom stereocenters. The largest absolute Gasteiger partial charge is 0.481 e. The maximum absolute atomic E-state index is 13.5. The highest BCUT2D eigenvalue weighted by atomic mass is 16.4. The fourth-order valence-corrected chi connectivity index (χ4v) is 4.20. The number of hydrogen-bond donors (Lipinski definition) is 4. The molecule has 0 aliphatic carbocycles. The van der Waals surface area contributed by atoms with Crippen molar-refractivity contribution in [3.05, 3.63) is 71.8 Å². The van der Waals surface area contributed by atoms with Gasteiger partial charge in [-0.2, -0.15) is 0 Å². The van der Waals surface area contributed by atoms with Crippen molar-refractivity contribution >= 4 is 30.0 Å². The minimum absolute atomic E-state index is 0.279. The van der Waals surface area contributed by atoms with Gasteiger partial charge >= 0.3 is 5.97 Å². The molecule has 0 saturated carbocycles. The molecule has 0 saturated heterocycles. The average Bonchev–Trinajstić information content (AvgIpc) is 2.89. The van der Waals surface area contributed by atoms with Crippen LogP contribution in [0.15, 0.2) is 60.7 Å². The molecule has 0 spiro atoms. The molecule has 39 heavy (non-hydrogen) atoms. The number of rotatable bonds is 15. The maximum atomic E-state index is 13.5. The monoisotopic (exact) mass is 536 g/mol. The number of aliphatic carboxylic acids is 1. The SMILES string of the molecule is CC(C)[C@H](NC(=O)C(Cc1ccccc1)Cc1ccccc1)C(=O)N[C@H](C(=O)N[C@H]([C]=O)CC(=O)O)C(C)C. The number of nitrogens with one attached hydrogen (secondary N) is 3. The first kappa shape index (κ1) is 31.2. The molecule has 2 rings (SSSR count). The number of carboxylic acids is 1. The summed E-state index contributed by atoms with van der Waals surface area (Å²) in [5, 5.41) is 16.8. The van der Waals surface area contributed by atoms with Gasteiger partial charge in [0.25, 0.3) is 0 Å². The third-order valence-corrected chi connectivity index (χ3v) is 6.35. The lowest BCUT2D eigenvalue weighted by molar-refractivity contribution is -0.137. The zero-order valence-corrected chi connectivity index (χ0v) is 22.8. The highest BCUT2D eigenvalue weighted by molar-refractivity contribution is 5.93. The molecule has 4 N–H and O–H groups in total. The summed E-state index contributed by atoms with van der Waals surface area (Å²) in [4.78, 5) is 61.7. The van der Waals surface area contributed by atoms with E-state index >= 15 is 0 Å². The molecule has 0 unspecified atom stereocenters. The van der Waals surface area contributed by atoms with Crippen LogP contribution in [0.1, 0.15) is 45.2 Å². The number of carbonyl (C=O) groups is 4. The predicted octanol–water partition coefficient (Wildman–Crippen LogP) is 2.44. The van der Waals surface area contributed by atoms with Crippen molar-refractivity contribution < 1.29 is 29.1 Å². The molecule has 3 amide bonds. The Morgan fingerprint density at radius 2 is 1.10 bits per heavy atom. The molecule has 0 fully saturated rings. The Hall–Kier alpha value is -4.01. The quantitative estimate of drug-likeness (QED) is 0.276. The highest BCUT2D eigenvalue weighted by Crippen LogP contribution is 2.17. The average molecular weight is 537 g/mol. The van der Waals surface area contributed by atoms with E-state index in [1.807, 2.05) is 60.7 Å². The van der Waals surface area contributed by atoms with Crippen molar-refractivity contribution in [3.8, 4) is 0 Å². The van der Waals surface area contributed by atoms with E-state index in [4.69, 9.17) is 5.11 Å². The van der Waals surface area contributed by atoms with E-state index in [2.05, 4.69) is 16.0 Å². The van der Waals surface area contributed by atoms with E-state index < -0.39 is 48.2 Å². The van der Waals surface area contributed by atoms with Crippen LogP contribution in [0.2, 0.25) is 0 Å². The Balaban J connectivity index is 2.19. The van der Waals surface area contributed by atoms with Gasteiger partial charge in [0.05, 0.1) is 6.42 Å². The lowest BCUT2D eigenvalue weighted by atomic mass is 9.90. The van der Waals surface area contributed by atoms with Gasteiger partial charge in [-0.3, -0.25) is 24.0 Å². The second-order valence-corrected chi connectivity index (χ2v) is 10.3. The summed E-state index contributed by atoms with van der Waals surface area (Å²) in [5.74, 6) is -3.90. The first-order valence-corrected chi connectivity index (χ1v) is 13.1. The third-order valence-electron chi connectivity index (χ3n) is 6.35. The second kappa shape index (κ2) is 15.4. The number of carboxylic acid groups (broad SMARTS) is 1. The molecular weight excluding hydrogens is 498 g/mol. The normalized spacial score (nSPS) is 13.4. The molecule has 0 aromatic heterocycles. The van der Waals surface area contributed by atoms with E-state index in [-0.39, 0.29) is 17.7 Å². The van der Waals surface area contributed by atoms with Crippen LogP contribution in [0.25, 0.3) is 0 Å². The summed E-state index contributed by atoms with van der Waals surface area (Å²) < 4.78 is 0. The van der Waals surface area contributed by atoms with Crippen LogP contribution < -0.4 is 16.0 Å². The number of benzene rings is 2. The predicted molar refractivity (Wildman–Crippen MR) is 147 cm³/mol. The Morgan fingerprint density at radius 1 is 0.692 bits per heavy atom. The topological polar surface area (TPSA) is 142 Å². The highest BCUT2D eigenvalue weighted by Gasteiger charge is 2.33. The Morgan fingerprint density at radius 3 is 1.49 bits per heavy atom. The molecule has 1 radical (unpaired) electrons. The van der Waals surface area contributed by atoms with E-state index in [0.29, 0.717) is 12.8 Å². The number of carbonyl (C=O) groups excluding carboxylic acids is 4. The van der Waals surface area contributed by atoms with Crippen molar-refractivity contribution in [3.63, 3.8) is 0 Å². The minimum Gasteiger partial charge on any atom is -0.481 e. The first-order valence-electron chi connectivity index (χ1n) is 13.1. The van der Waals surface area contributed by atoms with Gasteiger partial charge in [-0.25, -0.2) is 0 Å². The first-order chi connectivity index (χ1) is 18.5. The summed E-state index contributed by atoms with van der Waals surface area (Å²) in [6.07, 6.45) is 1.84. The van der Waals surface area contributed by atoms with Crippen molar-refractivity contribution in [2.45, 2.75) is 65.1 Å². The van der Waals surface area contributed by atoms with Crippen LogP contribution in [0.3, 0.4) is 0 Å². The van der Waals surface area contributed by atoms with Gasteiger partial charge in [-0.05, 0) is 35.8 Å². The molecule has 0 bridgehead atoms. The minimum atomic E-state index is -1.34. The second-order valence-electron chi connectivity index (χ2n) is 10.3. The van der Waals surface area contributed by atoms with Crippen LogP contribution in [-0.4, -0.2) is 53.2 Å². The Labute approximate surface area is 229 Å². The van der Waals surface area contributed by atoms with Crippen LogP contribution in [0.5, 0.6) is 0 Å². The number of hydrogen-bond acceptors (Lipinski definition) is 5. The standard InChI is InChI=1S/C30H38N3O6/c1-19(2)26(29(38)31-24(18-34)17-25(35)36)33-30(39)27(20(3)4)32-28(37)23(15-21-11-7-5-8-12-21)16-22-13-9-6-10-14-22/h5-14,19-20,23-24,26-27H,15-17H2,1-4H3,(H,31,38)(H,32,37)(H,33,39)(H,35,36)/t24-,26-,27-/m0/s1. The Kier molecular flexibility index (Phi) is 12.3. The summed E-state index contributed by atoms with van der Waals surface area (Å²) in [7, 11) is 0. The van der Waals surface area contributed by atoms with Crippen molar-refractivity contribution in [2.75, 3.05) is 0 Å². The zero-order chi connectivity index (χ0) is 28.9. The lowest BCUT2D eigenvalue weighted by Gasteiger charge is -2.28. The summed E-state index contributed by atoms with van der Waals surface area (Å²) >= 11 is 0. The molecule has 2 aromatic rings. The molecule has 2 aromatic carbocycles. The van der Waals surface area contributed by atoms with Gasteiger partial charge in [-0.1, -0.05) is 88.4 Å². The molecule has 209 valence electrons. The fraction of sp³-hybridized carbons (Fsp3) is 0.433. The van der Waals surface area contributed by atoms with Crippen LogP contribution in [0.4, 0.5) is 0 Å². The van der Waals surface area contributed by atoms with Crippen LogP contribution >= 0.6 is 0 Å². The van der Waals surface area contributed by atoms with E-state index in [0.717, 1.165) is 11.1 Å². The van der Waals surface area contributed by atoms with Gasteiger partial charge in [0.1, 0.15) is 18.1 Å². The number of amides is 3. The smallest absolute Gasteiger partial charge is 0.305 e. The van der Waals surface area contributed by atoms with Gasteiger partial charge in [0, 0.05) is 5.92 Å². The molecule has 9 heteroatoms. The molecule has 0 aliphatic rings. The van der Waals surface area contributed by atoms with Crippen molar-refractivity contribution in [1.29, 1.82) is 0 Å². The summed E-state index contributed by atoms with van der Waals surface area (Å²) in [6, 6.07) is 16.0. The lowest BCUT2D eigenvalue weighted by Crippen LogP contribution is -2.58. The van der Waals surface area contributed by atoms with E-state index in [9.17, 15) is 24.0 Å². The van der Waals surface area contributed by atoms with Crippen LogP contribution in [0, 0.1) is 17.8 Å². The van der Waals surface area contributed by atoms with Gasteiger partial charge in [-0.15, -0.1) is 0 Å². The van der Waals surface area contributed by atoms with E-state index in [1.165, 1.54) is 6.29 Å². The van der Waals surface area contributed by atoms with Crippen LogP contribution in [-0.2, 0) is 36.8 Å². The van der Waals surface area contributed by atoms with Crippen molar-refractivity contribution in [1.82, 2.24) is 16.0 Å².